The van der Waals surface area contributed by atoms with E-state index in [1.165, 1.54) is 0 Å². The second kappa shape index (κ2) is 17.0. The van der Waals surface area contributed by atoms with Gasteiger partial charge in [-0.1, -0.05) is 35.5 Å². The molecule has 238 valence electrons. The Balaban J connectivity index is 1.81. The number of nitrogens with zero attached hydrogens (tertiary/aromatic N) is 2. The van der Waals surface area contributed by atoms with Crippen molar-refractivity contribution in [1.82, 2.24) is 26.1 Å². The van der Waals surface area contributed by atoms with Gasteiger partial charge in [-0.2, -0.15) is 4.98 Å². The first kappa shape index (κ1) is 34.0. The summed E-state index contributed by atoms with van der Waals surface area (Å²) < 4.78 is 5.60. The van der Waals surface area contributed by atoms with Gasteiger partial charge in [0, 0.05) is 19.4 Å². The van der Waals surface area contributed by atoms with Gasteiger partial charge in [-0.15, -0.1) is 0 Å². The third-order valence-corrected chi connectivity index (χ3v) is 7.32. The Kier molecular flexibility index (Phi) is 13.1. The first-order valence-electron chi connectivity index (χ1n) is 14.9. The number of benzene rings is 2. The van der Waals surface area contributed by atoms with E-state index in [-0.39, 0.29) is 24.0 Å². The highest BCUT2D eigenvalue weighted by Gasteiger charge is 2.29. The number of phenols is 1. The fraction of sp³-hybridized carbons (Fsp3) is 0.452. The second-order valence-corrected chi connectivity index (χ2v) is 11.0. The van der Waals surface area contributed by atoms with E-state index in [1.807, 2.05) is 44.2 Å². The molecule has 3 atom stereocenters. The number of carbonyl (C=O) groups is 2. The Morgan fingerprint density at radius 3 is 2.39 bits per heavy atom. The molecule has 0 radical (unpaired) electrons. The average molecular weight is 608 g/mol. The van der Waals surface area contributed by atoms with Crippen LogP contribution in [0.15, 0.2) is 47.0 Å². The molecule has 0 fully saturated rings. The SMILES string of the molecule is Cc1cc(O)cc(C)c1C[C@H](NC(=O)[C@@H](N)CCCNC(=N)N)C(=O)N[C@@H](CCCCN)c1nc(Cc2ccccc2)no1. The molecule has 1 heterocycles. The summed E-state index contributed by atoms with van der Waals surface area (Å²) in [7, 11) is 0. The maximum Gasteiger partial charge on any atom is 0.249 e. The molecule has 0 aliphatic carbocycles. The van der Waals surface area contributed by atoms with E-state index < -0.39 is 29.9 Å². The molecule has 44 heavy (non-hydrogen) atoms. The predicted molar refractivity (Wildman–Crippen MR) is 168 cm³/mol. The molecule has 0 bridgehead atoms. The molecule has 0 aliphatic rings. The van der Waals surface area contributed by atoms with Crippen LogP contribution in [-0.2, 0) is 22.4 Å². The summed E-state index contributed by atoms with van der Waals surface area (Å²) in [5.74, 6) is -0.180. The summed E-state index contributed by atoms with van der Waals surface area (Å²) in [6.45, 7) is 4.58. The van der Waals surface area contributed by atoms with Crippen LogP contribution >= 0.6 is 0 Å². The zero-order valence-electron chi connectivity index (χ0n) is 25.4. The van der Waals surface area contributed by atoms with Crippen molar-refractivity contribution in [3.63, 3.8) is 0 Å². The zero-order valence-corrected chi connectivity index (χ0v) is 25.4. The van der Waals surface area contributed by atoms with Crippen LogP contribution in [0.2, 0.25) is 0 Å². The normalized spacial score (nSPS) is 13.1. The highest BCUT2D eigenvalue weighted by molar-refractivity contribution is 5.90. The van der Waals surface area contributed by atoms with Crippen LogP contribution in [0.3, 0.4) is 0 Å². The Bertz CT molecular complexity index is 1360. The van der Waals surface area contributed by atoms with Crippen LogP contribution in [0.5, 0.6) is 5.75 Å². The first-order valence-corrected chi connectivity index (χ1v) is 14.9. The minimum atomic E-state index is -0.977. The van der Waals surface area contributed by atoms with Gasteiger partial charge in [0.15, 0.2) is 11.8 Å². The fourth-order valence-corrected chi connectivity index (χ4v) is 4.94. The van der Waals surface area contributed by atoms with E-state index in [0.29, 0.717) is 51.0 Å². The van der Waals surface area contributed by atoms with Crippen LogP contribution in [0.25, 0.3) is 0 Å². The van der Waals surface area contributed by atoms with Crippen molar-refractivity contribution in [3.05, 3.63) is 76.4 Å². The molecular weight excluding hydrogens is 562 g/mol. The smallest absolute Gasteiger partial charge is 0.249 e. The molecule has 11 N–H and O–H groups in total. The molecular formula is C31H45N9O4. The summed E-state index contributed by atoms with van der Waals surface area (Å²) in [5.41, 5.74) is 20.6. The molecule has 3 aromatic rings. The molecule has 13 nitrogen and oxygen atoms in total. The molecule has 0 saturated carbocycles. The standard InChI is InChI=1S/C31H45N9O4/c1-19-15-22(41)16-20(2)23(19)18-26(38-28(42)24(33)11-8-14-36-31(34)35)29(43)37-25(12-6-7-13-32)30-39-27(40-44-30)17-21-9-4-3-5-10-21/h3-5,9-10,15-16,24-26,41H,6-8,11-14,17-18,32-33H2,1-2H3,(H,37,43)(H,38,42)(H4,34,35,36)/t24-,25-,26-/m0/s1. The Labute approximate surface area is 257 Å². The monoisotopic (exact) mass is 607 g/mol. The van der Waals surface area contributed by atoms with E-state index in [0.717, 1.165) is 28.7 Å². The van der Waals surface area contributed by atoms with Crippen LogP contribution < -0.4 is 33.2 Å². The number of hydrogen-bond acceptors (Lipinski definition) is 9. The van der Waals surface area contributed by atoms with Gasteiger partial charge in [0.25, 0.3) is 0 Å². The molecule has 0 saturated heterocycles. The predicted octanol–water partition coefficient (Wildman–Crippen LogP) is 1.59. The summed E-state index contributed by atoms with van der Waals surface area (Å²) >= 11 is 0. The van der Waals surface area contributed by atoms with E-state index in [1.54, 1.807) is 12.1 Å². The number of hydrogen-bond donors (Lipinski definition) is 8. The number of rotatable bonds is 17. The summed E-state index contributed by atoms with van der Waals surface area (Å²) in [6, 6.07) is 10.5. The Hall–Kier alpha value is -4.49. The van der Waals surface area contributed by atoms with Crippen molar-refractivity contribution < 1.29 is 19.2 Å². The van der Waals surface area contributed by atoms with E-state index in [9.17, 15) is 14.7 Å². The molecule has 2 amide bonds. The topological polar surface area (TPSA) is 231 Å². The van der Waals surface area contributed by atoms with Crippen molar-refractivity contribution in [3.8, 4) is 5.75 Å². The number of phenolic OH excluding ortho intramolecular Hbond substituents is 1. The number of nitrogens with two attached hydrogens (primary N) is 3. The maximum atomic E-state index is 13.9. The van der Waals surface area contributed by atoms with Crippen molar-refractivity contribution in [2.24, 2.45) is 17.2 Å². The van der Waals surface area contributed by atoms with Gasteiger partial charge >= 0.3 is 0 Å². The van der Waals surface area contributed by atoms with Crippen molar-refractivity contribution in [2.45, 2.75) is 76.9 Å². The lowest BCUT2D eigenvalue weighted by molar-refractivity contribution is -0.130. The second-order valence-electron chi connectivity index (χ2n) is 11.0. The van der Waals surface area contributed by atoms with E-state index in [2.05, 4.69) is 26.1 Å². The molecule has 0 aliphatic heterocycles. The van der Waals surface area contributed by atoms with Gasteiger partial charge in [-0.05, 0) is 86.9 Å². The van der Waals surface area contributed by atoms with E-state index >= 15 is 0 Å². The third-order valence-electron chi connectivity index (χ3n) is 7.32. The number of guanidine groups is 1. The highest BCUT2D eigenvalue weighted by atomic mass is 16.5. The van der Waals surface area contributed by atoms with Crippen molar-refractivity contribution in [2.75, 3.05) is 13.1 Å². The molecule has 1 aromatic heterocycles. The largest absolute Gasteiger partial charge is 0.508 e. The molecule has 3 rings (SSSR count). The molecule has 2 aromatic carbocycles. The number of aromatic nitrogens is 2. The summed E-state index contributed by atoms with van der Waals surface area (Å²) in [6.07, 6.45) is 3.45. The summed E-state index contributed by atoms with van der Waals surface area (Å²) in [4.78, 5) is 31.6. The number of unbranched alkanes of at least 4 members (excludes halogenated alkanes) is 1. The van der Waals surface area contributed by atoms with Crippen molar-refractivity contribution >= 4 is 17.8 Å². The van der Waals surface area contributed by atoms with Gasteiger partial charge in [0.05, 0.1) is 6.04 Å². The lowest BCUT2D eigenvalue weighted by atomic mass is 9.95. The van der Waals surface area contributed by atoms with Gasteiger partial charge in [0.1, 0.15) is 17.8 Å². The van der Waals surface area contributed by atoms with Gasteiger partial charge in [0.2, 0.25) is 17.7 Å². The molecule has 13 heteroatoms. The van der Waals surface area contributed by atoms with Crippen LogP contribution in [0.4, 0.5) is 0 Å². The average Bonchev–Trinajstić information content (AvgIpc) is 3.44. The molecule has 0 unspecified atom stereocenters. The molecule has 0 spiro atoms. The van der Waals surface area contributed by atoms with Gasteiger partial charge < -0.3 is 42.8 Å². The highest BCUT2D eigenvalue weighted by Crippen LogP contribution is 2.23. The minimum absolute atomic E-state index is 0.123. The number of amides is 2. The number of carbonyl (C=O) groups excluding carboxylic acids is 2. The minimum Gasteiger partial charge on any atom is -0.508 e. The first-order chi connectivity index (χ1) is 21.1. The van der Waals surface area contributed by atoms with Crippen LogP contribution in [0, 0.1) is 19.3 Å². The van der Waals surface area contributed by atoms with E-state index in [4.69, 9.17) is 27.1 Å². The van der Waals surface area contributed by atoms with Gasteiger partial charge in [-0.25, -0.2) is 0 Å². The quantitative estimate of drug-likeness (QED) is 0.0627. The lowest BCUT2D eigenvalue weighted by Gasteiger charge is -2.24. The zero-order chi connectivity index (χ0) is 32.1. The summed E-state index contributed by atoms with van der Waals surface area (Å²) in [5, 5.41) is 30.0. The third kappa shape index (κ3) is 10.7. The number of aromatic hydroxyl groups is 1. The Morgan fingerprint density at radius 2 is 1.73 bits per heavy atom. The number of nitrogens with one attached hydrogen (secondary N) is 4. The number of aryl methyl sites for hydroxylation is 2. The van der Waals surface area contributed by atoms with Crippen LogP contribution in [0.1, 0.15) is 72.1 Å². The Morgan fingerprint density at radius 1 is 1.02 bits per heavy atom. The van der Waals surface area contributed by atoms with Crippen LogP contribution in [-0.4, -0.2) is 58.2 Å². The lowest BCUT2D eigenvalue weighted by Crippen LogP contribution is -2.53. The van der Waals surface area contributed by atoms with Crippen molar-refractivity contribution in [1.29, 1.82) is 5.41 Å². The van der Waals surface area contributed by atoms with Gasteiger partial charge in [-0.3, -0.25) is 15.0 Å². The maximum absolute atomic E-state index is 13.9. The fourth-order valence-electron chi connectivity index (χ4n) is 4.94.